The van der Waals surface area contributed by atoms with Gasteiger partial charge in [0.2, 0.25) is 0 Å². The van der Waals surface area contributed by atoms with Gasteiger partial charge in [0.05, 0.1) is 23.8 Å². The minimum absolute atomic E-state index is 0.112. The number of imide groups is 1. The number of fused-ring (bicyclic) bond motifs is 1. The van der Waals surface area contributed by atoms with Gasteiger partial charge in [-0.25, -0.2) is 0 Å². The van der Waals surface area contributed by atoms with Gasteiger partial charge in [0.1, 0.15) is 0 Å². The molecule has 0 N–H and O–H groups in total. The Balaban J connectivity index is 1.54. The van der Waals surface area contributed by atoms with Crippen molar-refractivity contribution in [2.45, 2.75) is 32.4 Å². The van der Waals surface area contributed by atoms with E-state index in [9.17, 15) is 14.4 Å². The molecule has 2 aliphatic rings. The Kier molecular flexibility index (Phi) is 5.88. The lowest BCUT2D eigenvalue weighted by Crippen LogP contribution is -2.36. The molecule has 0 aliphatic carbocycles. The second-order valence-corrected chi connectivity index (χ2v) is 7.93. The molecule has 1 saturated heterocycles. The minimum atomic E-state index is -0.366. The number of amides is 3. The van der Waals surface area contributed by atoms with Gasteiger partial charge in [-0.3, -0.25) is 19.3 Å². The van der Waals surface area contributed by atoms with Crippen molar-refractivity contribution in [3.05, 3.63) is 69.7 Å². The summed E-state index contributed by atoms with van der Waals surface area (Å²) in [6.07, 6.45) is 1.66. The fraction of sp³-hybridized carbons (Fsp3) is 0.348. The van der Waals surface area contributed by atoms with Gasteiger partial charge in [0, 0.05) is 30.3 Å². The number of rotatable bonds is 6. The molecule has 0 radical (unpaired) electrons. The predicted octanol–water partition coefficient (Wildman–Crippen LogP) is 3.78. The fourth-order valence-corrected chi connectivity index (χ4v) is 4.12. The van der Waals surface area contributed by atoms with E-state index in [1.165, 1.54) is 11.0 Å². The molecule has 7 heteroatoms. The van der Waals surface area contributed by atoms with E-state index < -0.39 is 0 Å². The molecule has 156 valence electrons. The van der Waals surface area contributed by atoms with Crippen LogP contribution in [0.1, 0.15) is 56.4 Å². The van der Waals surface area contributed by atoms with Crippen molar-refractivity contribution in [2.75, 3.05) is 19.7 Å². The quantitative estimate of drug-likeness (QED) is 0.659. The Morgan fingerprint density at radius 2 is 1.93 bits per heavy atom. The molecule has 2 aromatic rings. The summed E-state index contributed by atoms with van der Waals surface area (Å²) in [5.74, 6) is -0.903. The molecule has 4 rings (SSSR count). The van der Waals surface area contributed by atoms with Crippen LogP contribution < -0.4 is 0 Å². The first-order chi connectivity index (χ1) is 14.5. The number of carbonyl (C=O) groups excluding carboxylic acids is 3. The molecule has 1 unspecified atom stereocenters. The van der Waals surface area contributed by atoms with Crippen molar-refractivity contribution in [3.8, 4) is 0 Å². The second-order valence-electron chi connectivity index (χ2n) is 7.53. The SMILES string of the molecule is CCN(Cc1ccccc1Cl)C(=O)c1ccc2c(c1)C(=O)N(CC1CCCO1)C2=O. The highest BCUT2D eigenvalue weighted by atomic mass is 35.5. The summed E-state index contributed by atoms with van der Waals surface area (Å²) >= 11 is 6.24. The van der Waals surface area contributed by atoms with E-state index in [-0.39, 0.29) is 35.9 Å². The normalized spacial score (nSPS) is 18.1. The molecule has 3 amide bonds. The Hall–Kier alpha value is -2.70. The molecule has 0 saturated carbocycles. The van der Waals surface area contributed by atoms with Gasteiger partial charge in [-0.1, -0.05) is 29.8 Å². The van der Waals surface area contributed by atoms with E-state index in [1.54, 1.807) is 23.1 Å². The van der Waals surface area contributed by atoms with E-state index in [1.807, 2.05) is 25.1 Å². The lowest BCUT2D eigenvalue weighted by molar-refractivity contribution is 0.0475. The fourth-order valence-electron chi connectivity index (χ4n) is 3.92. The highest BCUT2D eigenvalue weighted by Crippen LogP contribution is 2.27. The molecule has 2 aliphatic heterocycles. The highest BCUT2D eigenvalue weighted by Gasteiger charge is 2.38. The zero-order chi connectivity index (χ0) is 21.3. The Morgan fingerprint density at radius 3 is 2.63 bits per heavy atom. The third kappa shape index (κ3) is 3.85. The van der Waals surface area contributed by atoms with Crippen LogP contribution in [0.15, 0.2) is 42.5 Å². The summed E-state index contributed by atoms with van der Waals surface area (Å²) in [5.41, 5.74) is 1.84. The first kappa shape index (κ1) is 20.6. The molecule has 1 fully saturated rings. The summed E-state index contributed by atoms with van der Waals surface area (Å²) in [7, 11) is 0. The molecule has 30 heavy (non-hydrogen) atoms. The van der Waals surface area contributed by atoms with Crippen LogP contribution in [0.5, 0.6) is 0 Å². The Bertz CT molecular complexity index is 1000. The molecule has 2 heterocycles. The van der Waals surface area contributed by atoms with Crippen molar-refractivity contribution in [1.82, 2.24) is 9.80 Å². The maximum atomic E-state index is 13.1. The average Bonchev–Trinajstić information content (AvgIpc) is 3.35. The maximum absolute atomic E-state index is 13.1. The Labute approximate surface area is 180 Å². The number of benzene rings is 2. The third-order valence-corrected chi connectivity index (χ3v) is 5.98. The summed E-state index contributed by atoms with van der Waals surface area (Å²) in [5, 5.41) is 0.600. The van der Waals surface area contributed by atoms with E-state index in [0.717, 1.165) is 18.4 Å². The number of nitrogens with zero attached hydrogens (tertiary/aromatic N) is 2. The molecule has 1 atom stereocenters. The molecular weight excluding hydrogens is 404 g/mol. The van der Waals surface area contributed by atoms with Crippen LogP contribution >= 0.6 is 11.6 Å². The largest absolute Gasteiger partial charge is 0.376 e. The van der Waals surface area contributed by atoms with Gasteiger partial charge in [-0.2, -0.15) is 0 Å². The minimum Gasteiger partial charge on any atom is -0.376 e. The number of ether oxygens (including phenoxy) is 1. The number of carbonyl (C=O) groups is 3. The summed E-state index contributed by atoms with van der Waals surface area (Å²) in [6.45, 7) is 3.65. The molecule has 6 nitrogen and oxygen atoms in total. The number of hydrogen-bond donors (Lipinski definition) is 0. The zero-order valence-corrected chi connectivity index (χ0v) is 17.5. The second kappa shape index (κ2) is 8.58. The van der Waals surface area contributed by atoms with Gasteiger partial charge in [-0.05, 0) is 49.6 Å². The van der Waals surface area contributed by atoms with E-state index in [2.05, 4.69) is 0 Å². The van der Waals surface area contributed by atoms with Crippen LogP contribution in [-0.4, -0.2) is 53.3 Å². The van der Waals surface area contributed by atoms with E-state index in [4.69, 9.17) is 16.3 Å². The van der Waals surface area contributed by atoms with Crippen molar-refractivity contribution >= 4 is 29.3 Å². The van der Waals surface area contributed by atoms with E-state index in [0.29, 0.717) is 35.8 Å². The topological polar surface area (TPSA) is 66.9 Å². The van der Waals surface area contributed by atoms with E-state index >= 15 is 0 Å². The Morgan fingerprint density at radius 1 is 1.17 bits per heavy atom. The lowest BCUT2D eigenvalue weighted by Gasteiger charge is -2.22. The predicted molar refractivity (Wildman–Crippen MR) is 113 cm³/mol. The standard InChI is InChI=1S/C23H23ClN2O4/c1-2-25(13-16-6-3-4-8-20(16)24)21(27)15-9-10-18-19(12-15)23(29)26(22(18)28)14-17-7-5-11-30-17/h3-4,6,8-10,12,17H,2,5,7,11,13-14H2,1H3. The summed E-state index contributed by atoms with van der Waals surface area (Å²) in [6, 6.07) is 12.1. The van der Waals surface area contributed by atoms with Crippen LogP contribution in [0.3, 0.4) is 0 Å². The molecule has 0 spiro atoms. The van der Waals surface area contributed by atoms with Crippen LogP contribution in [0, 0.1) is 0 Å². The van der Waals surface area contributed by atoms with Gasteiger partial charge in [-0.15, -0.1) is 0 Å². The average molecular weight is 427 g/mol. The van der Waals surface area contributed by atoms with Gasteiger partial charge < -0.3 is 9.64 Å². The molecular formula is C23H23ClN2O4. The van der Waals surface area contributed by atoms with Gasteiger partial charge in [0.15, 0.2) is 0 Å². The summed E-state index contributed by atoms with van der Waals surface area (Å²) in [4.78, 5) is 41.5. The first-order valence-corrected chi connectivity index (χ1v) is 10.5. The smallest absolute Gasteiger partial charge is 0.261 e. The molecule has 0 aromatic heterocycles. The van der Waals surface area contributed by atoms with Crippen molar-refractivity contribution in [1.29, 1.82) is 0 Å². The van der Waals surface area contributed by atoms with Crippen LogP contribution in [0.25, 0.3) is 0 Å². The van der Waals surface area contributed by atoms with Crippen LogP contribution in [0.2, 0.25) is 5.02 Å². The van der Waals surface area contributed by atoms with Crippen LogP contribution in [0.4, 0.5) is 0 Å². The maximum Gasteiger partial charge on any atom is 0.261 e. The van der Waals surface area contributed by atoms with Gasteiger partial charge >= 0.3 is 0 Å². The van der Waals surface area contributed by atoms with Crippen molar-refractivity contribution < 1.29 is 19.1 Å². The third-order valence-electron chi connectivity index (χ3n) is 5.62. The van der Waals surface area contributed by atoms with Crippen molar-refractivity contribution in [2.24, 2.45) is 0 Å². The summed E-state index contributed by atoms with van der Waals surface area (Å²) < 4.78 is 5.57. The van der Waals surface area contributed by atoms with Crippen LogP contribution in [-0.2, 0) is 11.3 Å². The molecule has 0 bridgehead atoms. The zero-order valence-electron chi connectivity index (χ0n) is 16.8. The lowest BCUT2D eigenvalue weighted by atomic mass is 10.0. The molecule has 2 aromatic carbocycles. The number of hydrogen-bond acceptors (Lipinski definition) is 4. The first-order valence-electron chi connectivity index (χ1n) is 10.1. The monoisotopic (exact) mass is 426 g/mol. The van der Waals surface area contributed by atoms with Crippen molar-refractivity contribution in [3.63, 3.8) is 0 Å². The highest BCUT2D eigenvalue weighted by molar-refractivity contribution is 6.31. The van der Waals surface area contributed by atoms with Gasteiger partial charge in [0.25, 0.3) is 17.7 Å². The number of halogens is 1.